The van der Waals surface area contributed by atoms with Crippen molar-refractivity contribution in [1.82, 2.24) is 4.72 Å². The third kappa shape index (κ3) is 4.50. The molecular weight excluding hydrogens is 336 g/mol. The van der Waals surface area contributed by atoms with E-state index in [1.54, 1.807) is 23.1 Å². The number of hydrogen-bond donors (Lipinski definition) is 1. The van der Waals surface area contributed by atoms with E-state index in [2.05, 4.69) is 4.72 Å². The molecule has 2 rings (SSSR count). The van der Waals surface area contributed by atoms with Crippen molar-refractivity contribution in [1.29, 1.82) is 0 Å². The van der Waals surface area contributed by atoms with Gasteiger partial charge in [0.05, 0.1) is 0 Å². The quantitative estimate of drug-likeness (QED) is 0.781. The lowest BCUT2D eigenvalue weighted by Crippen LogP contribution is -2.27. The highest BCUT2D eigenvalue weighted by atomic mass is 32.2. The van der Waals surface area contributed by atoms with Gasteiger partial charge in [-0.3, -0.25) is 0 Å². The topological polar surface area (TPSA) is 46.2 Å². The van der Waals surface area contributed by atoms with Gasteiger partial charge in [-0.05, 0) is 23.6 Å². The smallest absolute Gasteiger partial charge is 0.210 e. The SMILES string of the molecule is O=S(=O)(NCCSCc1cccs1)c1c(F)cccc1F. The standard InChI is InChI=1S/C13H13F2NO2S3/c14-11-4-1-5-12(15)13(11)21(17,18)16-6-8-19-9-10-3-2-7-20-10/h1-5,7,16H,6,8-9H2. The molecule has 0 radical (unpaired) electrons. The van der Waals surface area contributed by atoms with Crippen LogP contribution in [0, 0.1) is 11.6 Å². The fraction of sp³-hybridized carbons (Fsp3) is 0.231. The molecule has 0 saturated heterocycles. The maximum Gasteiger partial charge on any atom is 0.246 e. The first-order chi connectivity index (χ1) is 10.0. The average Bonchev–Trinajstić information content (AvgIpc) is 2.91. The van der Waals surface area contributed by atoms with E-state index in [1.165, 1.54) is 4.88 Å². The van der Waals surface area contributed by atoms with Crippen LogP contribution in [0.4, 0.5) is 8.78 Å². The Balaban J connectivity index is 1.87. The lowest BCUT2D eigenvalue weighted by molar-refractivity contribution is 0.515. The summed E-state index contributed by atoms with van der Waals surface area (Å²) in [6.07, 6.45) is 0. The van der Waals surface area contributed by atoms with E-state index in [9.17, 15) is 17.2 Å². The Kier molecular flexibility index (Phi) is 5.74. The van der Waals surface area contributed by atoms with Crippen LogP contribution in [0.2, 0.25) is 0 Å². The second-order valence-corrected chi connectivity index (χ2v) is 7.92. The van der Waals surface area contributed by atoms with Crippen molar-refractivity contribution in [2.45, 2.75) is 10.6 Å². The van der Waals surface area contributed by atoms with Crippen LogP contribution in [-0.4, -0.2) is 20.7 Å². The van der Waals surface area contributed by atoms with E-state index >= 15 is 0 Å². The molecule has 21 heavy (non-hydrogen) atoms. The molecule has 1 heterocycles. The molecule has 0 spiro atoms. The van der Waals surface area contributed by atoms with Crippen LogP contribution in [0.25, 0.3) is 0 Å². The molecule has 0 bridgehead atoms. The average molecular weight is 349 g/mol. The van der Waals surface area contributed by atoms with Crippen molar-refractivity contribution in [3.63, 3.8) is 0 Å². The molecule has 1 N–H and O–H groups in total. The number of halogens is 2. The minimum Gasteiger partial charge on any atom is -0.210 e. The number of nitrogens with one attached hydrogen (secondary N) is 1. The molecule has 2 aromatic rings. The highest BCUT2D eigenvalue weighted by Crippen LogP contribution is 2.19. The fourth-order valence-electron chi connectivity index (χ4n) is 1.63. The zero-order valence-corrected chi connectivity index (χ0v) is 13.3. The van der Waals surface area contributed by atoms with Crippen molar-refractivity contribution in [2.24, 2.45) is 0 Å². The minimum absolute atomic E-state index is 0.117. The van der Waals surface area contributed by atoms with Crippen molar-refractivity contribution in [3.05, 3.63) is 52.2 Å². The van der Waals surface area contributed by atoms with Gasteiger partial charge in [-0.1, -0.05) is 12.1 Å². The monoisotopic (exact) mass is 349 g/mol. The van der Waals surface area contributed by atoms with Gasteiger partial charge in [0.1, 0.15) is 11.6 Å². The first kappa shape index (κ1) is 16.4. The van der Waals surface area contributed by atoms with E-state index < -0.39 is 26.6 Å². The zero-order chi connectivity index (χ0) is 15.3. The van der Waals surface area contributed by atoms with Gasteiger partial charge < -0.3 is 0 Å². The number of hydrogen-bond acceptors (Lipinski definition) is 4. The van der Waals surface area contributed by atoms with E-state index in [-0.39, 0.29) is 6.54 Å². The second kappa shape index (κ2) is 7.35. The molecule has 0 amide bonds. The molecule has 0 saturated carbocycles. The maximum atomic E-state index is 13.4. The Labute approximate surface area is 130 Å². The Hall–Kier alpha value is -0.960. The second-order valence-electron chi connectivity index (χ2n) is 4.08. The molecular formula is C13H13F2NO2S3. The number of benzene rings is 1. The van der Waals surface area contributed by atoms with Crippen LogP contribution in [0.3, 0.4) is 0 Å². The molecule has 0 aliphatic rings. The normalized spacial score (nSPS) is 11.7. The lowest BCUT2D eigenvalue weighted by atomic mass is 10.3. The summed E-state index contributed by atoms with van der Waals surface area (Å²) in [5.41, 5.74) is 0. The van der Waals surface area contributed by atoms with Gasteiger partial charge in [-0.15, -0.1) is 11.3 Å². The first-order valence-corrected chi connectivity index (χ1v) is 9.56. The number of thioether (sulfide) groups is 1. The number of thiophene rings is 1. The molecule has 0 atom stereocenters. The Morgan fingerprint density at radius 2 is 1.86 bits per heavy atom. The largest absolute Gasteiger partial charge is 0.246 e. The predicted octanol–water partition coefficient (Wildman–Crippen LogP) is 3.24. The van der Waals surface area contributed by atoms with Crippen molar-refractivity contribution >= 4 is 33.1 Å². The highest BCUT2D eigenvalue weighted by molar-refractivity contribution is 7.98. The van der Waals surface area contributed by atoms with E-state index in [0.29, 0.717) is 5.75 Å². The Morgan fingerprint density at radius 1 is 1.14 bits per heavy atom. The molecule has 1 aromatic carbocycles. The highest BCUT2D eigenvalue weighted by Gasteiger charge is 2.22. The summed E-state index contributed by atoms with van der Waals surface area (Å²) in [6.45, 7) is 0.117. The van der Waals surface area contributed by atoms with Crippen molar-refractivity contribution < 1.29 is 17.2 Å². The van der Waals surface area contributed by atoms with Gasteiger partial charge in [0.25, 0.3) is 0 Å². The van der Waals surface area contributed by atoms with Crippen LogP contribution < -0.4 is 4.72 Å². The molecule has 1 aromatic heterocycles. The summed E-state index contributed by atoms with van der Waals surface area (Å²) in [5.74, 6) is -0.872. The van der Waals surface area contributed by atoms with Crippen LogP contribution in [0.1, 0.15) is 4.88 Å². The van der Waals surface area contributed by atoms with Gasteiger partial charge in [-0.25, -0.2) is 21.9 Å². The third-order valence-electron chi connectivity index (χ3n) is 2.55. The molecule has 114 valence electrons. The molecule has 0 aliphatic carbocycles. The third-order valence-corrected chi connectivity index (χ3v) is 6.13. The number of sulfonamides is 1. The zero-order valence-electron chi connectivity index (χ0n) is 10.9. The van der Waals surface area contributed by atoms with E-state index in [0.717, 1.165) is 24.0 Å². The van der Waals surface area contributed by atoms with Gasteiger partial charge >= 0.3 is 0 Å². The van der Waals surface area contributed by atoms with Gasteiger partial charge in [0, 0.05) is 22.9 Å². The lowest BCUT2D eigenvalue weighted by Gasteiger charge is -2.08. The Bertz CT molecular complexity index is 667. The summed E-state index contributed by atoms with van der Waals surface area (Å²) in [6, 6.07) is 6.91. The maximum absolute atomic E-state index is 13.4. The summed E-state index contributed by atoms with van der Waals surface area (Å²) >= 11 is 3.18. The number of rotatable bonds is 7. The fourth-order valence-corrected chi connectivity index (χ4v) is 4.62. The van der Waals surface area contributed by atoms with Crippen LogP contribution in [0.5, 0.6) is 0 Å². The van der Waals surface area contributed by atoms with Crippen LogP contribution >= 0.6 is 23.1 Å². The first-order valence-electron chi connectivity index (χ1n) is 6.04. The summed E-state index contributed by atoms with van der Waals surface area (Å²) in [7, 11) is -4.17. The molecule has 3 nitrogen and oxygen atoms in total. The minimum atomic E-state index is -4.17. The van der Waals surface area contributed by atoms with Crippen LogP contribution in [0.15, 0.2) is 40.6 Å². The van der Waals surface area contributed by atoms with Crippen molar-refractivity contribution in [3.8, 4) is 0 Å². The van der Waals surface area contributed by atoms with E-state index in [4.69, 9.17) is 0 Å². The van der Waals surface area contributed by atoms with E-state index in [1.807, 2.05) is 17.5 Å². The van der Waals surface area contributed by atoms with Crippen LogP contribution in [-0.2, 0) is 15.8 Å². The molecule has 8 heteroatoms. The Morgan fingerprint density at radius 3 is 2.48 bits per heavy atom. The summed E-state index contributed by atoms with van der Waals surface area (Å²) in [5, 5.41) is 1.97. The van der Waals surface area contributed by atoms with Crippen molar-refractivity contribution in [2.75, 3.05) is 12.3 Å². The van der Waals surface area contributed by atoms with Gasteiger partial charge in [0.2, 0.25) is 10.0 Å². The molecule has 0 fully saturated rings. The molecule has 0 unspecified atom stereocenters. The predicted molar refractivity (Wildman–Crippen MR) is 82.0 cm³/mol. The summed E-state index contributed by atoms with van der Waals surface area (Å²) < 4.78 is 52.8. The summed E-state index contributed by atoms with van der Waals surface area (Å²) in [4.78, 5) is 0.274. The van der Waals surface area contributed by atoms with Gasteiger partial charge in [0.15, 0.2) is 4.90 Å². The van der Waals surface area contributed by atoms with Gasteiger partial charge in [-0.2, -0.15) is 11.8 Å². The molecule has 0 aliphatic heterocycles.